The van der Waals surface area contributed by atoms with E-state index in [2.05, 4.69) is 15.1 Å². The number of benzene rings is 2. The molecule has 3 aromatic rings. The van der Waals surface area contributed by atoms with Gasteiger partial charge in [0, 0.05) is 13.1 Å². The van der Waals surface area contributed by atoms with E-state index in [0.717, 1.165) is 31.6 Å². The molecule has 4 rings (SSSR count). The fourth-order valence-corrected chi connectivity index (χ4v) is 4.10. The fraction of sp³-hybridized carbons (Fsp3) is 0.440. The summed E-state index contributed by atoms with van der Waals surface area (Å²) in [5, 5.41) is 18.6. The minimum absolute atomic E-state index is 0.0801. The van der Waals surface area contributed by atoms with Crippen molar-refractivity contribution < 1.29 is 23.7 Å². The van der Waals surface area contributed by atoms with Crippen LogP contribution in [0, 0.1) is 5.82 Å². The quantitative estimate of drug-likeness (QED) is 0.487. The first-order chi connectivity index (χ1) is 16.5. The Kier molecular flexibility index (Phi) is 7.97. The molecule has 1 atom stereocenters. The number of ether oxygens (including phenoxy) is 3. The van der Waals surface area contributed by atoms with Crippen LogP contribution in [-0.2, 0) is 13.1 Å². The van der Waals surface area contributed by atoms with Crippen LogP contribution in [0.2, 0.25) is 0 Å². The maximum atomic E-state index is 13.8. The van der Waals surface area contributed by atoms with Crippen LogP contribution < -0.4 is 14.2 Å². The van der Waals surface area contributed by atoms with E-state index in [1.165, 1.54) is 6.07 Å². The molecule has 0 unspecified atom stereocenters. The minimum atomic E-state index is -0.975. The number of hydrogen-bond donors (Lipinski definition) is 1. The summed E-state index contributed by atoms with van der Waals surface area (Å²) in [6.45, 7) is 3.53. The second-order valence-corrected chi connectivity index (χ2v) is 8.61. The van der Waals surface area contributed by atoms with Crippen LogP contribution in [0.4, 0.5) is 4.39 Å². The predicted molar refractivity (Wildman–Crippen MR) is 124 cm³/mol. The minimum Gasteiger partial charge on any atom is -0.493 e. The number of aliphatic hydroxyl groups is 1. The predicted octanol–water partition coefficient (Wildman–Crippen LogP) is 3.30. The zero-order chi connectivity index (χ0) is 23.8. The second-order valence-electron chi connectivity index (χ2n) is 8.61. The van der Waals surface area contributed by atoms with Crippen molar-refractivity contribution in [3.8, 4) is 17.2 Å². The van der Waals surface area contributed by atoms with E-state index in [1.54, 1.807) is 38.0 Å². The van der Waals surface area contributed by atoms with E-state index in [0.29, 0.717) is 37.5 Å². The lowest BCUT2D eigenvalue weighted by atomic mass is 9.96. The van der Waals surface area contributed by atoms with Gasteiger partial charge < -0.3 is 23.9 Å². The maximum absolute atomic E-state index is 13.8. The lowest BCUT2D eigenvalue weighted by Crippen LogP contribution is -2.37. The number of halogens is 1. The van der Waals surface area contributed by atoms with E-state index >= 15 is 0 Å². The van der Waals surface area contributed by atoms with Crippen molar-refractivity contribution >= 4 is 0 Å². The van der Waals surface area contributed by atoms with Crippen molar-refractivity contribution in [2.75, 3.05) is 33.4 Å². The van der Waals surface area contributed by atoms with Crippen LogP contribution in [0.1, 0.15) is 24.8 Å². The van der Waals surface area contributed by atoms with Gasteiger partial charge in [-0.05, 0) is 55.6 Å². The van der Waals surface area contributed by atoms with Gasteiger partial charge in [-0.1, -0.05) is 18.2 Å². The van der Waals surface area contributed by atoms with Crippen LogP contribution in [0.25, 0.3) is 0 Å². The van der Waals surface area contributed by atoms with Gasteiger partial charge in [0.1, 0.15) is 25.9 Å². The molecular formula is C25H31FN4O4. The van der Waals surface area contributed by atoms with Crippen molar-refractivity contribution in [2.24, 2.45) is 0 Å². The molecule has 0 amide bonds. The molecule has 0 spiro atoms. The molecule has 34 heavy (non-hydrogen) atoms. The van der Waals surface area contributed by atoms with Crippen LogP contribution in [0.5, 0.6) is 17.2 Å². The van der Waals surface area contributed by atoms with Gasteiger partial charge in [0.2, 0.25) is 0 Å². The standard InChI is InChI=1S/C25H31FN4O4/c1-32-24-15-20(7-8-23(24)33-14-13-30-18-27-28-19-30)16-29-11-4-9-25(31,10-12-29)17-34-22-6-3-2-5-21(22)26/h2-3,5-8,15,18-19,31H,4,9-14,16-17H2,1H3/t25-/m0/s1. The second kappa shape index (κ2) is 11.3. The molecule has 182 valence electrons. The lowest BCUT2D eigenvalue weighted by molar-refractivity contribution is -0.0177. The molecule has 2 aromatic carbocycles. The Labute approximate surface area is 198 Å². The number of rotatable bonds is 10. The average Bonchev–Trinajstić information content (AvgIpc) is 3.29. The van der Waals surface area contributed by atoms with Crippen LogP contribution in [-0.4, -0.2) is 63.8 Å². The first-order valence-electron chi connectivity index (χ1n) is 11.5. The number of para-hydroxylation sites is 1. The molecular weight excluding hydrogens is 439 g/mol. The number of hydrogen-bond acceptors (Lipinski definition) is 7. The van der Waals surface area contributed by atoms with E-state index < -0.39 is 11.4 Å². The van der Waals surface area contributed by atoms with Gasteiger partial charge in [0.25, 0.3) is 0 Å². The Morgan fingerprint density at radius 1 is 1.00 bits per heavy atom. The van der Waals surface area contributed by atoms with Gasteiger partial charge in [0.05, 0.1) is 19.3 Å². The summed E-state index contributed by atoms with van der Waals surface area (Å²) in [6, 6.07) is 12.2. The molecule has 8 nitrogen and oxygen atoms in total. The first-order valence-corrected chi connectivity index (χ1v) is 11.5. The zero-order valence-corrected chi connectivity index (χ0v) is 19.4. The summed E-state index contributed by atoms with van der Waals surface area (Å²) in [7, 11) is 1.63. The third-order valence-electron chi connectivity index (χ3n) is 6.05. The highest BCUT2D eigenvalue weighted by Crippen LogP contribution is 2.30. The highest BCUT2D eigenvalue weighted by Gasteiger charge is 2.31. The van der Waals surface area contributed by atoms with Crippen LogP contribution in [0.15, 0.2) is 55.1 Å². The molecule has 1 saturated heterocycles. The maximum Gasteiger partial charge on any atom is 0.165 e. The number of methoxy groups -OCH3 is 1. The molecule has 1 N–H and O–H groups in total. The first kappa shape index (κ1) is 24.0. The summed E-state index contributed by atoms with van der Waals surface area (Å²) < 4.78 is 32.7. The molecule has 0 bridgehead atoms. The zero-order valence-electron chi connectivity index (χ0n) is 19.4. The molecule has 1 aliphatic rings. The van der Waals surface area contributed by atoms with Gasteiger partial charge in [-0.3, -0.25) is 4.90 Å². The van der Waals surface area contributed by atoms with Crippen molar-refractivity contribution in [1.29, 1.82) is 0 Å². The highest BCUT2D eigenvalue weighted by atomic mass is 19.1. The van der Waals surface area contributed by atoms with E-state index in [-0.39, 0.29) is 12.4 Å². The van der Waals surface area contributed by atoms with Crippen molar-refractivity contribution in [3.05, 3.63) is 66.5 Å². The molecule has 0 saturated carbocycles. The fourth-order valence-electron chi connectivity index (χ4n) is 4.10. The topological polar surface area (TPSA) is 81.9 Å². The van der Waals surface area contributed by atoms with Gasteiger partial charge in [0.15, 0.2) is 23.1 Å². The monoisotopic (exact) mass is 470 g/mol. The van der Waals surface area contributed by atoms with Gasteiger partial charge >= 0.3 is 0 Å². The number of aromatic nitrogens is 3. The summed E-state index contributed by atoms with van der Waals surface area (Å²) in [5.74, 6) is 1.13. The van der Waals surface area contributed by atoms with E-state index in [4.69, 9.17) is 14.2 Å². The molecule has 2 heterocycles. The van der Waals surface area contributed by atoms with Crippen molar-refractivity contribution in [3.63, 3.8) is 0 Å². The Balaban J connectivity index is 1.29. The van der Waals surface area contributed by atoms with E-state index in [1.807, 2.05) is 22.8 Å². The normalized spacial score (nSPS) is 18.9. The third-order valence-corrected chi connectivity index (χ3v) is 6.05. The Bertz CT molecular complexity index is 1050. The van der Waals surface area contributed by atoms with Crippen LogP contribution in [0.3, 0.4) is 0 Å². The number of nitrogens with zero attached hydrogens (tertiary/aromatic N) is 4. The highest BCUT2D eigenvalue weighted by molar-refractivity contribution is 5.43. The van der Waals surface area contributed by atoms with Gasteiger partial charge in [-0.25, -0.2) is 4.39 Å². The summed E-state index contributed by atoms with van der Waals surface area (Å²) in [5.41, 5.74) is 0.132. The molecule has 9 heteroatoms. The average molecular weight is 471 g/mol. The van der Waals surface area contributed by atoms with Crippen molar-refractivity contribution in [2.45, 2.75) is 38.0 Å². The number of likely N-dealkylation sites (tertiary alicyclic amines) is 1. The van der Waals surface area contributed by atoms with Gasteiger partial charge in [-0.2, -0.15) is 0 Å². The summed E-state index contributed by atoms with van der Waals surface area (Å²) >= 11 is 0. The Morgan fingerprint density at radius 3 is 2.62 bits per heavy atom. The summed E-state index contributed by atoms with van der Waals surface area (Å²) in [6.07, 6.45) is 5.30. The third kappa shape index (κ3) is 6.45. The molecule has 1 aliphatic heterocycles. The van der Waals surface area contributed by atoms with Crippen molar-refractivity contribution in [1.82, 2.24) is 19.7 Å². The van der Waals surface area contributed by atoms with Crippen LogP contribution >= 0.6 is 0 Å². The molecule has 0 radical (unpaired) electrons. The van der Waals surface area contributed by atoms with E-state index in [9.17, 15) is 9.50 Å². The van der Waals surface area contributed by atoms with Gasteiger partial charge in [-0.15, -0.1) is 10.2 Å². The SMILES string of the molecule is COc1cc(CN2CCC[C@@](O)(COc3ccccc3F)CC2)ccc1OCCn1cnnc1. The molecule has 1 fully saturated rings. The molecule has 1 aromatic heterocycles. The Hall–Kier alpha value is -3.17. The summed E-state index contributed by atoms with van der Waals surface area (Å²) in [4.78, 5) is 2.31. The Morgan fingerprint density at radius 2 is 1.82 bits per heavy atom. The largest absolute Gasteiger partial charge is 0.493 e. The lowest BCUT2D eigenvalue weighted by Gasteiger charge is -2.27. The molecule has 0 aliphatic carbocycles. The smallest absolute Gasteiger partial charge is 0.165 e.